The van der Waals surface area contributed by atoms with Gasteiger partial charge in [0.25, 0.3) is 0 Å². The van der Waals surface area contributed by atoms with Crippen LogP contribution in [0.4, 0.5) is 10.1 Å². The summed E-state index contributed by atoms with van der Waals surface area (Å²) >= 11 is 1.73. The van der Waals surface area contributed by atoms with Gasteiger partial charge in [0.1, 0.15) is 5.82 Å². The second-order valence-corrected chi connectivity index (χ2v) is 8.79. The lowest BCUT2D eigenvalue weighted by Crippen LogP contribution is -2.37. The van der Waals surface area contributed by atoms with Crippen LogP contribution in [-0.4, -0.2) is 39.8 Å². The first-order chi connectivity index (χ1) is 15.1. The first-order valence-corrected chi connectivity index (χ1v) is 11.4. The molecule has 1 N–H and O–H groups in total. The van der Waals surface area contributed by atoms with E-state index in [2.05, 4.69) is 27.3 Å². The summed E-state index contributed by atoms with van der Waals surface area (Å²) < 4.78 is 18.4. The summed E-state index contributed by atoms with van der Waals surface area (Å²) in [5.41, 5.74) is 1.61. The van der Waals surface area contributed by atoms with Gasteiger partial charge in [0, 0.05) is 16.4 Å². The fourth-order valence-corrected chi connectivity index (χ4v) is 4.43. The number of nitrogens with zero attached hydrogens (tertiary/aromatic N) is 3. The second-order valence-electron chi connectivity index (χ2n) is 7.49. The number of carbonyl (C=O) groups excluding carboxylic acids is 1. The van der Waals surface area contributed by atoms with Crippen LogP contribution in [0.15, 0.2) is 57.9 Å². The van der Waals surface area contributed by atoms with E-state index in [1.807, 2.05) is 24.3 Å². The molecule has 1 aliphatic rings. The van der Waals surface area contributed by atoms with E-state index in [-0.39, 0.29) is 17.6 Å². The van der Waals surface area contributed by atoms with Gasteiger partial charge in [0.05, 0.1) is 12.2 Å². The van der Waals surface area contributed by atoms with Gasteiger partial charge in [-0.2, -0.15) is 4.98 Å². The van der Waals surface area contributed by atoms with E-state index in [1.54, 1.807) is 23.9 Å². The Morgan fingerprint density at radius 3 is 2.68 bits per heavy atom. The highest BCUT2D eigenvalue weighted by Gasteiger charge is 2.26. The van der Waals surface area contributed by atoms with Crippen LogP contribution in [0.5, 0.6) is 0 Å². The maximum Gasteiger partial charge on any atom is 0.241 e. The highest BCUT2D eigenvalue weighted by molar-refractivity contribution is 7.99. The van der Waals surface area contributed by atoms with Crippen LogP contribution in [-0.2, 0) is 11.3 Å². The number of thioether (sulfide) groups is 1. The summed E-state index contributed by atoms with van der Waals surface area (Å²) in [6, 6.07) is 13.9. The van der Waals surface area contributed by atoms with Crippen molar-refractivity contribution in [2.24, 2.45) is 5.92 Å². The predicted molar refractivity (Wildman–Crippen MR) is 119 cm³/mol. The van der Waals surface area contributed by atoms with Crippen molar-refractivity contribution in [1.82, 2.24) is 15.0 Å². The average molecular weight is 441 g/mol. The molecule has 0 bridgehead atoms. The van der Waals surface area contributed by atoms with Gasteiger partial charge in [0.15, 0.2) is 0 Å². The minimum Gasteiger partial charge on any atom is -0.338 e. The van der Waals surface area contributed by atoms with Crippen LogP contribution in [0.1, 0.15) is 25.7 Å². The van der Waals surface area contributed by atoms with Gasteiger partial charge in [0.2, 0.25) is 17.6 Å². The Balaban J connectivity index is 1.29. The van der Waals surface area contributed by atoms with Crippen molar-refractivity contribution in [2.75, 3.05) is 24.2 Å². The van der Waals surface area contributed by atoms with Crippen molar-refractivity contribution < 1.29 is 13.7 Å². The maximum absolute atomic E-state index is 13.1. The van der Waals surface area contributed by atoms with Gasteiger partial charge in [-0.3, -0.25) is 9.69 Å². The molecule has 0 aliphatic carbocycles. The van der Waals surface area contributed by atoms with E-state index >= 15 is 0 Å². The second kappa shape index (κ2) is 10.1. The summed E-state index contributed by atoms with van der Waals surface area (Å²) in [5.74, 6) is 1.71. The smallest absolute Gasteiger partial charge is 0.241 e. The molecule has 0 radical (unpaired) electrons. The molecule has 1 amide bonds. The minimum absolute atomic E-state index is 0.00612. The Labute approximate surface area is 185 Å². The molecule has 4 rings (SSSR count). The number of hydrogen-bond acceptors (Lipinski definition) is 6. The normalized spacial score (nSPS) is 15.2. The fraction of sp³-hybridized carbons (Fsp3) is 0.348. The number of nitrogens with one attached hydrogen (secondary N) is 1. The van der Waals surface area contributed by atoms with Gasteiger partial charge < -0.3 is 9.84 Å². The zero-order chi connectivity index (χ0) is 21.6. The number of benzene rings is 2. The average Bonchev–Trinajstić information content (AvgIpc) is 3.25. The van der Waals surface area contributed by atoms with Gasteiger partial charge in [-0.15, -0.1) is 11.8 Å². The highest BCUT2D eigenvalue weighted by Crippen LogP contribution is 2.28. The molecule has 31 heavy (non-hydrogen) atoms. The Hall–Kier alpha value is -2.71. The van der Waals surface area contributed by atoms with Crippen LogP contribution in [0.25, 0.3) is 11.4 Å². The van der Waals surface area contributed by atoms with Crippen molar-refractivity contribution in [3.63, 3.8) is 0 Å². The number of hydrogen-bond donors (Lipinski definition) is 1. The molecule has 162 valence electrons. The third kappa shape index (κ3) is 5.51. The molecular formula is C23H25FN4O2S. The molecule has 0 unspecified atom stereocenters. The summed E-state index contributed by atoms with van der Waals surface area (Å²) in [6.45, 7) is 4.22. The van der Waals surface area contributed by atoms with Gasteiger partial charge in [-0.25, -0.2) is 4.39 Å². The van der Waals surface area contributed by atoms with Crippen molar-refractivity contribution in [3.8, 4) is 11.4 Å². The molecule has 0 saturated carbocycles. The van der Waals surface area contributed by atoms with Crippen LogP contribution >= 0.6 is 11.8 Å². The summed E-state index contributed by atoms with van der Waals surface area (Å²) in [7, 11) is 0. The molecule has 3 aromatic rings. The predicted octanol–water partition coefficient (Wildman–Crippen LogP) is 4.84. The molecule has 1 saturated heterocycles. The molecular weight excluding hydrogens is 415 g/mol. The standard InChI is InChI=1S/C23H25FN4O2S/c1-2-31-20-6-4-3-5-19(20)25-23(29)17-11-13-28(14-12-17)15-21-26-22(27-30-21)16-7-9-18(24)10-8-16/h3-10,17H,2,11-15H2,1H3,(H,25,29). The number of para-hydroxylation sites is 1. The van der Waals surface area contributed by atoms with Gasteiger partial charge >= 0.3 is 0 Å². The van der Waals surface area contributed by atoms with Gasteiger partial charge in [-0.05, 0) is 68.1 Å². The van der Waals surface area contributed by atoms with E-state index in [9.17, 15) is 9.18 Å². The Kier molecular flexibility index (Phi) is 6.99. The summed E-state index contributed by atoms with van der Waals surface area (Å²) in [6.07, 6.45) is 1.57. The third-order valence-electron chi connectivity index (χ3n) is 5.33. The Bertz CT molecular complexity index is 1020. The van der Waals surface area contributed by atoms with E-state index < -0.39 is 0 Å². The molecule has 2 heterocycles. The number of anilines is 1. The molecule has 8 heteroatoms. The van der Waals surface area contributed by atoms with E-state index in [4.69, 9.17) is 4.52 Å². The zero-order valence-electron chi connectivity index (χ0n) is 17.4. The van der Waals surface area contributed by atoms with Crippen molar-refractivity contribution in [1.29, 1.82) is 0 Å². The molecule has 1 aromatic heterocycles. The van der Waals surface area contributed by atoms with Crippen LogP contribution in [0.3, 0.4) is 0 Å². The highest BCUT2D eigenvalue weighted by atomic mass is 32.2. The number of likely N-dealkylation sites (tertiary alicyclic amines) is 1. The van der Waals surface area contributed by atoms with Gasteiger partial charge in [-0.1, -0.05) is 24.2 Å². The minimum atomic E-state index is -0.299. The number of amides is 1. The number of halogens is 1. The first-order valence-electron chi connectivity index (χ1n) is 10.5. The maximum atomic E-state index is 13.1. The topological polar surface area (TPSA) is 71.3 Å². The van der Waals surface area contributed by atoms with E-state index in [1.165, 1.54) is 12.1 Å². The molecule has 6 nitrogen and oxygen atoms in total. The van der Waals surface area contributed by atoms with Crippen LogP contribution in [0, 0.1) is 11.7 Å². The number of rotatable bonds is 7. The van der Waals surface area contributed by atoms with E-state index in [0.717, 1.165) is 42.3 Å². The SMILES string of the molecule is CCSc1ccccc1NC(=O)C1CCN(Cc2nc(-c3ccc(F)cc3)no2)CC1. The quantitative estimate of drug-likeness (QED) is 0.530. The molecule has 1 aliphatic heterocycles. The molecule has 0 spiro atoms. The molecule has 1 fully saturated rings. The number of carbonyl (C=O) groups is 1. The van der Waals surface area contributed by atoms with Crippen LogP contribution < -0.4 is 5.32 Å². The first kappa shape index (κ1) is 21.5. The number of piperidine rings is 1. The Morgan fingerprint density at radius 1 is 1.19 bits per heavy atom. The molecule has 0 atom stereocenters. The summed E-state index contributed by atoms with van der Waals surface area (Å²) in [4.78, 5) is 20.5. The fourth-order valence-electron chi connectivity index (χ4n) is 3.67. The summed E-state index contributed by atoms with van der Waals surface area (Å²) in [5, 5.41) is 7.10. The van der Waals surface area contributed by atoms with E-state index in [0.29, 0.717) is 23.8 Å². The van der Waals surface area contributed by atoms with Crippen LogP contribution in [0.2, 0.25) is 0 Å². The van der Waals surface area contributed by atoms with Crippen molar-refractivity contribution in [3.05, 3.63) is 60.2 Å². The lowest BCUT2D eigenvalue weighted by molar-refractivity contribution is -0.121. The number of aromatic nitrogens is 2. The Morgan fingerprint density at radius 2 is 1.94 bits per heavy atom. The lowest BCUT2D eigenvalue weighted by atomic mass is 9.96. The zero-order valence-corrected chi connectivity index (χ0v) is 18.2. The lowest BCUT2D eigenvalue weighted by Gasteiger charge is -2.30. The van der Waals surface area contributed by atoms with Crippen molar-refractivity contribution >= 4 is 23.4 Å². The monoisotopic (exact) mass is 440 g/mol. The molecule has 2 aromatic carbocycles. The largest absolute Gasteiger partial charge is 0.338 e. The third-order valence-corrected chi connectivity index (χ3v) is 6.29. The van der Waals surface area contributed by atoms with Crippen molar-refractivity contribution in [2.45, 2.75) is 31.2 Å².